The second-order valence-corrected chi connectivity index (χ2v) is 4.38. The fourth-order valence-corrected chi connectivity index (χ4v) is 1.98. The maximum atomic E-state index is 11.7. The molecule has 16 heavy (non-hydrogen) atoms. The molecule has 0 fully saturated rings. The van der Waals surface area contributed by atoms with E-state index in [1.165, 1.54) is 16.7 Å². The number of alkyl halides is 1. The van der Waals surface area contributed by atoms with Gasteiger partial charge in [0, 0.05) is 12.3 Å². The fraction of sp³-hybridized carbons (Fsp3) is 0.200. The lowest BCUT2D eigenvalue weighted by atomic mass is 10.3. The van der Waals surface area contributed by atoms with Gasteiger partial charge in [-0.05, 0) is 12.5 Å². The number of pyridine rings is 1. The molecule has 6 heteroatoms. The van der Waals surface area contributed by atoms with E-state index < -0.39 is 0 Å². The van der Waals surface area contributed by atoms with Gasteiger partial charge in [-0.15, -0.1) is 11.6 Å². The van der Waals surface area contributed by atoms with E-state index in [-0.39, 0.29) is 11.4 Å². The molecular weight excluding hydrogens is 270 g/mol. The van der Waals surface area contributed by atoms with Gasteiger partial charge in [0.2, 0.25) is 0 Å². The summed E-state index contributed by atoms with van der Waals surface area (Å²) in [6, 6.07) is 1.36. The monoisotopic (exact) mass is 276 g/mol. The van der Waals surface area contributed by atoms with E-state index in [0.29, 0.717) is 26.9 Å². The van der Waals surface area contributed by atoms with E-state index in [1.54, 1.807) is 6.92 Å². The van der Waals surface area contributed by atoms with Gasteiger partial charge in [-0.2, -0.15) is 0 Å². The Hall–Kier alpha value is -0.770. The average Bonchev–Trinajstić information content (AvgIpc) is 2.27. The van der Waals surface area contributed by atoms with Crippen molar-refractivity contribution in [3.05, 3.63) is 43.9 Å². The molecule has 0 N–H and O–H groups in total. The first-order chi connectivity index (χ1) is 7.54. The Morgan fingerprint density at radius 2 is 2.12 bits per heavy atom. The topological polar surface area (TPSA) is 34.4 Å². The molecule has 0 spiro atoms. The SMILES string of the molecule is Cc1c(Cl)cn2c(=O)cc(CCl)nc2c1Cl. The molecule has 0 aliphatic heterocycles. The summed E-state index contributed by atoms with van der Waals surface area (Å²) in [5.74, 6) is 0.170. The highest BCUT2D eigenvalue weighted by Crippen LogP contribution is 2.26. The third kappa shape index (κ3) is 1.79. The molecule has 0 bridgehead atoms. The van der Waals surface area contributed by atoms with Crippen molar-refractivity contribution in [2.24, 2.45) is 0 Å². The predicted molar refractivity (Wildman–Crippen MR) is 65.8 cm³/mol. The average molecular weight is 278 g/mol. The van der Waals surface area contributed by atoms with Crippen LogP contribution in [0.25, 0.3) is 5.65 Å². The quantitative estimate of drug-likeness (QED) is 0.751. The van der Waals surface area contributed by atoms with E-state index >= 15 is 0 Å². The minimum Gasteiger partial charge on any atom is -0.269 e. The van der Waals surface area contributed by atoms with Crippen LogP contribution in [-0.4, -0.2) is 9.38 Å². The molecule has 2 aromatic heterocycles. The molecule has 0 aliphatic carbocycles. The zero-order chi connectivity index (χ0) is 11.9. The lowest BCUT2D eigenvalue weighted by Crippen LogP contribution is -2.15. The van der Waals surface area contributed by atoms with Crippen molar-refractivity contribution in [2.75, 3.05) is 0 Å². The summed E-state index contributed by atoms with van der Waals surface area (Å²) >= 11 is 17.7. The minimum atomic E-state index is -0.246. The van der Waals surface area contributed by atoms with Crippen molar-refractivity contribution in [1.82, 2.24) is 9.38 Å². The Balaban J connectivity index is 2.96. The van der Waals surface area contributed by atoms with E-state index in [1.807, 2.05) is 0 Å². The van der Waals surface area contributed by atoms with Crippen molar-refractivity contribution in [1.29, 1.82) is 0 Å². The molecule has 0 aliphatic rings. The number of halogens is 3. The standard InChI is InChI=1S/C10H7Cl3N2O/c1-5-7(12)4-15-8(16)2-6(3-11)14-10(15)9(5)13/h2,4H,3H2,1H3. The van der Waals surface area contributed by atoms with Crippen LogP contribution in [-0.2, 0) is 5.88 Å². The third-order valence-corrected chi connectivity index (χ3v) is 3.38. The van der Waals surface area contributed by atoms with Crippen molar-refractivity contribution < 1.29 is 0 Å². The van der Waals surface area contributed by atoms with Crippen LogP contribution in [0.1, 0.15) is 11.3 Å². The van der Waals surface area contributed by atoms with Gasteiger partial charge in [0.25, 0.3) is 5.56 Å². The van der Waals surface area contributed by atoms with Crippen molar-refractivity contribution in [3.63, 3.8) is 0 Å². The molecule has 2 aromatic rings. The molecule has 0 aromatic carbocycles. The van der Waals surface area contributed by atoms with Gasteiger partial charge in [0.1, 0.15) is 0 Å². The van der Waals surface area contributed by atoms with Gasteiger partial charge in [-0.3, -0.25) is 9.20 Å². The number of fused-ring (bicyclic) bond motifs is 1. The largest absolute Gasteiger partial charge is 0.269 e. The van der Waals surface area contributed by atoms with Crippen LogP contribution in [0.3, 0.4) is 0 Å². The Kier molecular flexibility index (Phi) is 3.10. The first-order valence-corrected chi connectivity index (χ1v) is 5.76. The highest BCUT2D eigenvalue weighted by molar-refractivity contribution is 6.37. The summed E-state index contributed by atoms with van der Waals surface area (Å²) in [4.78, 5) is 15.9. The number of aromatic nitrogens is 2. The van der Waals surface area contributed by atoms with E-state index in [4.69, 9.17) is 34.8 Å². The van der Waals surface area contributed by atoms with Gasteiger partial charge < -0.3 is 0 Å². The van der Waals surface area contributed by atoms with Crippen molar-refractivity contribution in [3.8, 4) is 0 Å². The number of hydrogen-bond donors (Lipinski definition) is 0. The normalized spacial score (nSPS) is 11.0. The van der Waals surface area contributed by atoms with Gasteiger partial charge >= 0.3 is 0 Å². The molecule has 0 unspecified atom stereocenters. The molecule has 0 radical (unpaired) electrons. The van der Waals surface area contributed by atoms with Crippen LogP contribution >= 0.6 is 34.8 Å². The van der Waals surface area contributed by atoms with Gasteiger partial charge in [0.05, 0.1) is 21.6 Å². The summed E-state index contributed by atoms with van der Waals surface area (Å²) in [7, 11) is 0. The predicted octanol–water partition coefficient (Wildman–Crippen LogP) is 3.05. The Morgan fingerprint density at radius 1 is 1.44 bits per heavy atom. The highest BCUT2D eigenvalue weighted by Gasteiger charge is 2.10. The molecule has 2 heterocycles. The highest BCUT2D eigenvalue weighted by atomic mass is 35.5. The maximum Gasteiger partial charge on any atom is 0.258 e. The van der Waals surface area contributed by atoms with Crippen molar-refractivity contribution in [2.45, 2.75) is 12.8 Å². The van der Waals surface area contributed by atoms with E-state index in [2.05, 4.69) is 4.98 Å². The molecule has 3 nitrogen and oxygen atoms in total. The minimum absolute atomic E-state index is 0.170. The zero-order valence-corrected chi connectivity index (χ0v) is 10.6. The van der Waals surface area contributed by atoms with Gasteiger partial charge in [-0.1, -0.05) is 23.2 Å². The molecular formula is C10H7Cl3N2O. The van der Waals surface area contributed by atoms with Crippen LogP contribution in [0.5, 0.6) is 0 Å². The molecule has 2 rings (SSSR count). The molecule has 0 amide bonds. The second-order valence-electron chi connectivity index (χ2n) is 3.33. The molecule has 0 saturated heterocycles. The lowest BCUT2D eigenvalue weighted by molar-refractivity contribution is 1.01. The van der Waals surface area contributed by atoms with Gasteiger partial charge in [0.15, 0.2) is 5.65 Å². The van der Waals surface area contributed by atoms with Crippen LogP contribution in [0.15, 0.2) is 17.1 Å². The van der Waals surface area contributed by atoms with Crippen LogP contribution in [0.4, 0.5) is 0 Å². The number of hydrogen-bond acceptors (Lipinski definition) is 2. The summed E-state index contributed by atoms with van der Waals surface area (Å²) in [5, 5.41) is 0.802. The van der Waals surface area contributed by atoms with Crippen LogP contribution in [0, 0.1) is 6.92 Å². The number of nitrogens with zero attached hydrogens (tertiary/aromatic N) is 2. The zero-order valence-electron chi connectivity index (χ0n) is 8.30. The fourth-order valence-electron chi connectivity index (χ4n) is 1.37. The first kappa shape index (κ1) is 11.7. The summed E-state index contributed by atoms with van der Waals surface area (Å²) in [6.45, 7) is 1.77. The molecule has 0 atom stereocenters. The van der Waals surface area contributed by atoms with Gasteiger partial charge in [-0.25, -0.2) is 4.98 Å². The smallest absolute Gasteiger partial charge is 0.258 e. The maximum absolute atomic E-state index is 11.7. The first-order valence-electron chi connectivity index (χ1n) is 4.47. The van der Waals surface area contributed by atoms with Crippen LogP contribution in [0.2, 0.25) is 10.0 Å². The van der Waals surface area contributed by atoms with E-state index in [0.717, 1.165) is 0 Å². The number of rotatable bonds is 1. The summed E-state index contributed by atoms with van der Waals surface area (Å²) < 4.78 is 1.31. The Labute approximate surface area is 107 Å². The van der Waals surface area contributed by atoms with Crippen LogP contribution < -0.4 is 5.56 Å². The van der Waals surface area contributed by atoms with Crippen molar-refractivity contribution >= 4 is 40.4 Å². The van der Waals surface area contributed by atoms with E-state index in [9.17, 15) is 4.79 Å². The third-order valence-electron chi connectivity index (χ3n) is 2.27. The Bertz CT molecular complexity index is 621. The Morgan fingerprint density at radius 3 is 2.75 bits per heavy atom. The summed E-state index contributed by atoms with van der Waals surface area (Å²) in [5.41, 5.74) is 1.33. The molecule has 84 valence electrons. The second kappa shape index (κ2) is 4.24. The molecule has 0 saturated carbocycles. The summed E-state index contributed by atoms with van der Waals surface area (Å²) in [6.07, 6.45) is 1.51. The lowest BCUT2D eigenvalue weighted by Gasteiger charge is -2.07.